The van der Waals surface area contributed by atoms with Crippen LogP contribution in [0.25, 0.3) is 5.65 Å². The van der Waals surface area contributed by atoms with Gasteiger partial charge < -0.3 is 5.32 Å². The monoisotopic (exact) mass is 434 g/mol. The summed E-state index contributed by atoms with van der Waals surface area (Å²) in [7, 11) is 0. The van der Waals surface area contributed by atoms with Crippen LogP contribution in [-0.2, 0) is 17.8 Å². The van der Waals surface area contributed by atoms with Crippen LogP contribution in [0.3, 0.4) is 0 Å². The van der Waals surface area contributed by atoms with E-state index in [4.69, 9.17) is 10.1 Å². The van der Waals surface area contributed by atoms with Gasteiger partial charge in [0.25, 0.3) is 0 Å². The van der Waals surface area contributed by atoms with E-state index >= 15 is 0 Å². The fourth-order valence-electron chi connectivity index (χ4n) is 4.71. The summed E-state index contributed by atoms with van der Waals surface area (Å²) in [5.74, 6) is 0.0956. The largest absolute Gasteiger partial charge is 0.356 e. The number of hydrogen-bond acceptors (Lipinski definition) is 5. The Bertz CT molecular complexity index is 1110. The first-order valence-corrected chi connectivity index (χ1v) is 11.7. The molecule has 0 aromatic carbocycles. The van der Waals surface area contributed by atoms with Crippen LogP contribution < -0.4 is 5.32 Å². The maximum absolute atomic E-state index is 12.1. The summed E-state index contributed by atoms with van der Waals surface area (Å²) in [6, 6.07) is 8.62. The molecule has 0 radical (unpaired) electrons. The maximum atomic E-state index is 12.1. The quantitative estimate of drug-likeness (QED) is 0.583. The Morgan fingerprint density at radius 3 is 2.84 bits per heavy atom. The molecule has 7 nitrogen and oxygen atoms in total. The Morgan fingerprint density at radius 1 is 1.22 bits per heavy atom. The van der Waals surface area contributed by atoms with Crippen LogP contribution in [0, 0.1) is 20.8 Å². The number of nitrogens with one attached hydrogen (secondary N) is 1. The third-order valence-electron chi connectivity index (χ3n) is 6.37. The number of fused-ring (bicyclic) bond motifs is 1. The molecule has 0 bridgehead atoms. The molecule has 170 valence electrons. The standard InChI is InChI=1S/C25H34N6O/c1-5-13-26-25(32)12-11-21-18(3)28-24-15-22(29-31(24)19(21)4)23-10-7-14-30(23)16-20-9-6-8-17(2)27-20/h6,8-9,15,23H,5,7,10-14,16H2,1-4H3,(H,26,32). The van der Waals surface area contributed by atoms with Crippen molar-refractivity contribution in [1.29, 1.82) is 0 Å². The number of rotatable bonds is 8. The molecule has 1 N–H and O–H groups in total. The van der Waals surface area contributed by atoms with Crippen molar-refractivity contribution in [3.8, 4) is 0 Å². The van der Waals surface area contributed by atoms with Crippen molar-refractivity contribution in [2.75, 3.05) is 13.1 Å². The van der Waals surface area contributed by atoms with Crippen LogP contribution >= 0.6 is 0 Å². The van der Waals surface area contributed by atoms with Gasteiger partial charge in [-0.1, -0.05) is 13.0 Å². The van der Waals surface area contributed by atoms with Crippen LogP contribution in [-0.4, -0.2) is 43.5 Å². The predicted octanol–water partition coefficient (Wildman–Crippen LogP) is 3.85. The maximum Gasteiger partial charge on any atom is 0.220 e. The lowest BCUT2D eigenvalue weighted by Gasteiger charge is -2.22. The minimum Gasteiger partial charge on any atom is -0.356 e. The number of likely N-dealkylation sites (tertiary alicyclic amines) is 1. The zero-order valence-corrected chi connectivity index (χ0v) is 19.7. The number of amides is 1. The van der Waals surface area contributed by atoms with Gasteiger partial charge in [0.15, 0.2) is 5.65 Å². The van der Waals surface area contributed by atoms with Gasteiger partial charge in [0, 0.05) is 42.7 Å². The molecule has 1 saturated heterocycles. The van der Waals surface area contributed by atoms with Gasteiger partial charge in [-0.3, -0.25) is 14.7 Å². The average molecular weight is 435 g/mol. The SMILES string of the molecule is CCCNC(=O)CCc1c(C)nc2cc(C3CCCN3Cc3cccc(C)n3)nn2c1C. The van der Waals surface area contributed by atoms with Crippen molar-refractivity contribution >= 4 is 11.6 Å². The molecular weight excluding hydrogens is 400 g/mol. The van der Waals surface area contributed by atoms with Crippen LogP contribution in [0.2, 0.25) is 0 Å². The van der Waals surface area contributed by atoms with Gasteiger partial charge in [-0.2, -0.15) is 5.10 Å². The van der Waals surface area contributed by atoms with Gasteiger partial charge in [-0.05, 0) is 70.7 Å². The number of pyridine rings is 1. The fraction of sp³-hybridized carbons (Fsp3) is 0.520. The summed E-state index contributed by atoms with van der Waals surface area (Å²) in [5.41, 5.74) is 7.29. The number of hydrogen-bond donors (Lipinski definition) is 1. The van der Waals surface area contributed by atoms with E-state index in [0.29, 0.717) is 12.8 Å². The van der Waals surface area contributed by atoms with Crippen LogP contribution in [0.15, 0.2) is 24.3 Å². The van der Waals surface area contributed by atoms with Gasteiger partial charge in [-0.15, -0.1) is 0 Å². The minimum atomic E-state index is 0.0956. The molecule has 1 unspecified atom stereocenters. The molecule has 3 aromatic heterocycles. The molecule has 0 saturated carbocycles. The van der Waals surface area contributed by atoms with Gasteiger partial charge in [0.1, 0.15) is 0 Å². The molecule has 4 rings (SSSR count). The van der Waals surface area contributed by atoms with Gasteiger partial charge >= 0.3 is 0 Å². The number of nitrogens with zero attached hydrogens (tertiary/aromatic N) is 5. The second-order valence-electron chi connectivity index (χ2n) is 8.85. The molecule has 1 fully saturated rings. The lowest BCUT2D eigenvalue weighted by atomic mass is 10.1. The zero-order valence-electron chi connectivity index (χ0n) is 19.7. The van der Waals surface area contributed by atoms with Gasteiger partial charge in [0.2, 0.25) is 5.91 Å². The minimum absolute atomic E-state index is 0.0956. The molecule has 1 aliphatic rings. The van der Waals surface area contributed by atoms with Crippen LogP contribution in [0.1, 0.15) is 72.7 Å². The third-order valence-corrected chi connectivity index (χ3v) is 6.37. The number of aromatic nitrogens is 4. The van der Waals surface area contributed by atoms with Crippen LogP contribution in [0.4, 0.5) is 0 Å². The highest BCUT2D eigenvalue weighted by Gasteiger charge is 2.29. The van der Waals surface area contributed by atoms with E-state index in [0.717, 1.165) is 78.6 Å². The number of carbonyl (C=O) groups is 1. The van der Waals surface area contributed by atoms with E-state index in [-0.39, 0.29) is 11.9 Å². The van der Waals surface area contributed by atoms with E-state index in [9.17, 15) is 4.79 Å². The first-order chi connectivity index (χ1) is 15.5. The Labute approximate surface area is 190 Å². The van der Waals surface area contributed by atoms with E-state index in [1.165, 1.54) is 0 Å². The van der Waals surface area contributed by atoms with Crippen molar-refractivity contribution in [3.05, 3.63) is 58.3 Å². The molecule has 1 atom stereocenters. The first kappa shape index (κ1) is 22.4. The molecule has 0 spiro atoms. The predicted molar refractivity (Wildman–Crippen MR) is 125 cm³/mol. The van der Waals surface area contributed by atoms with Crippen LogP contribution in [0.5, 0.6) is 0 Å². The topological polar surface area (TPSA) is 75.4 Å². The Balaban J connectivity index is 1.55. The van der Waals surface area contributed by atoms with Crippen molar-refractivity contribution < 1.29 is 4.79 Å². The highest BCUT2D eigenvalue weighted by Crippen LogP contribution is 2.33. The lowest BCUT2D eigenvalue weighted by Crippen LogP contribution is -2.24. The Morgan fingerprint density at radius 2 is 2.06 bits per heavy atom. The van der Waals surface area contributed by atoms with Gasteiger partial charge in [-0.25, -0.2) is 9.50 Å². The second kappa shape index (κ2) is 9.77. The molecule has 0 aliphatic carbocycles. The van der Waals surface area contributed by atoms with E-state index in [1.54, 1.807) is 0 Å². The highest BCUT2D eigenvalue weighted by atomic mass is 16.1. The zero-order chi connectivity index (χ0) is 22.7. The second-order valence-corrected chi connectivity index (χ2v) is 8.85. The Kier molecular flexibility index (Phi) is 6.84. The fourth-order valence-corrected chi connectivity index (χ4v) is 4.71. The molecule has 7 heteroatoms. The number of carbonyl (C=O) groups excluding carboxylic acids is 1. The summed E-state index contributed by atoms with van der Waals surface area (Å²) in [5, 5.41) is 7.93. The van der Waals surface area contributed by atoms with Crippen molar-refractivity contribution in [1.82, 2.24) is 29.8 Å². The van der Waals surface area contributed by atoms with E-state index in [1.807, 2.05) is 24.4 Å². The number of aryl methyl sites for hydroxylation is 3. The average Bonchev–Trinajstić information content (AvgIpc) is 3.39. The smallest absolute Gasteiger partial charge is 0.220 e. The molecule has 32 heavy (non-hydrogen) atoms. The van der Waals surface area contributed by atoms with Gasteiger partial charge in [0.05, 0.1) is 17.4 Å². The van der Waals surface area contributed by atoms with Crippen molar-refractivity contribution in [3.63, 3.8) is 0 Å². The summed E-state index contributed by atoms with van der Waals surface area (Å²) < 4.78 is 1.96. The van der Waals surface area contributed by atoms with Crippen molar-refractivity contribution in [2.24, 2.45) is 0 Å². The van der Waals surface area contributed by atoms with E-state index < -0.39 is 0 Å². The van der Waals surface area contributed by atoms with Crippen molar-refractivity contribution in [2.45, 2.75) is 72.4 Å². The molecule has 4 heterocycles. The molecular formula is C25H34N6O. The molecule has 1 amide bonds. The third kappa shape index (κ3) is 4.83. The normalized spacial score (nSPS) is 16.7. The first-order valence-electron chi connectivity index (χ1n) is 11.7. The summed E-state index contributed by atoms with van der Waals surface area (Å²) in [4.78, 5) is 24.1. The summed E-state index contributed by atoms with van der Waals surface area (Å²) in [6.45, 7) is 10.8. The molecule has 1 aliphatic heterocycles. The van der Waals surface area contributed by atoms with E-state index in [2.05, 4.69) is 47.2 Å². The highest BCUT2D eigenvalue weighted by molar-refractivity contribution is 5.76. The summed E-state index contributed by atoms with van der Waals surface area (Å²) >= 11 is 0. The Hall–Kier alpha value is -2.80. The summed E-state index contributed by atoms with van der Waals surface area (Å²) in [6.07, 6.45) is 4.36. The lowest BCUT2D eigenvalue weighted by molar-refractivity contribution is -0.121. The molecule has 3 aromatic rings.